The number of nitrogens with zero attached hydrogens (tertiary/aromatic N) is 1. The molecule has 0 spiro atoms. The number of halogens is 2. The minimum atomic E-state index is -0.451. The van der Waals surface area contributed by atoms with Gasteiger partial charge in [0, 0.05) is 16.2 Å². The van der Waals surface area contributed by atoms with Crippen LogP contribution in [0.5, 0.6) is 5.75 Å². The van der Waals surface area contributed by atoms with Gasteiger partial charge >= 0.3 is 0 Å². The SMILES string of the molecule is CCc1ccc2oc(-c3ccc(NC(=S)NC(=O)c4cc(Br)ccc4Cl)cc3O)nc2c1. The topological polar surface area (TPSA) is 87.4 Å². The minimum absolute atomic E-state index is 0.0403. The average Bonchev–Trinajstić information content (AvgIpc) is 3.18. The Hall–Kier alpha value is -2.94. The Balaban J connectivity index is 1.49. The number of amides is 1. The number of phenols is 1. The van der Waals surface area contributed by atoms with E-state index in [-0.39, 0.29) is 16.4 Å². The monoisotopic (exact) mass is 529 g/mol. The number of nitrogens with one attached hydrogen (secondary N) is 2. The maximum absolute atomic E-state index is 12.4. The number of benzene rings is 3. The standard InChI is InChI=1S/C23H17BrClN3O3S/c1-2-12-3-8-20-18(9-12)27-22(31-20)15-6-5-14(11-19(15)29)26-23(32)28-21(30)16-10-13(24)4-7-17(16)25/h3-11,29H,2H2,1H3,(H2,26,28,30,32). The highest BCUT2D eigenvalue weighted by molar-refractivity contribution is 9.10. The maximum atomic E-state index is 12.4. The van der Waals surface area contributed by atoms with Gasteiger partial charge in [0.15, 0.2) is 10.7 Å². The van der Waals surface area contributed by atoms with Crippen molar-refractivity contribution in [3.05, 3.63) is 75.2 Å². The second-order valence-electron chi connectivity index (χ2n) is 6.94. The lowest BCUT2D eigenvalue weighted by atomic mass is 10.1. The summed E-state index contributed by atoms with van der Waals surface area (Å²) in [6.45, 7) is 2.07. The zero-order valence-electron chi connectivity index (χ0n) is 16.8. The molecule has 1 heterocycles. The first-order valence-corrected chi connectivity index (χ1v) is 11.2. The molecule has 0 saturated carbocycles. The van der Waals surface area contributed by atoms with E-state index in [2.05, 4.69) is 38.5 Å². The number of oxazole rings is 1. The van der Waals surface area contributed by atoms with Gasteiger partial charge in [-0.15, -0.1) is 0 Å². The highest BCUT2D eigenvalue weighted by Crippen LogP contribution is 2.33. The van der Waals surface area contributed by atoms with Crippen molar-refractivity contribution in [1.82, 2.24) is 10.3 Å². The van der Waals surface area contributed by atoms with Crippen LogP contribution in [0.2, 0.25) is 5.02 Å². The third-order valence-electron chi connectivity index (χ3n) is 4.75. The van der Waals surface area contributed by atoms with Crippen LogP contribution in [0.1, 0.15) is 22.8 Å². The number of carbonyl (C=O) groups excluding carboxylic acids is 1. The van der Waals surface area contributed by atoms with Crippen LogP contribution >= 0.6 is 39.7 Å². The number of aryl methyl sites for hydroxylation is 1. The lowest BCUT2D eigenvalue weighted by molar-refractivity contribution is 0.0978. The molecule has 0 radical (unpaired) electrons. The molecular weight excluding hydrogens is 514 g/mol. The van der Waals surface area contributed by atoms with Crippen LogP contribution in [-0.2, 0) is 6.42 Å². The molecule has 3 N–H and O–H groups in total. The van der Waals surface area contributed by atoms with E-state index in [9.17, 15) is 9.90 Å². The fraction of sp³-hybridized carbons (Fsp3) is 0.0870. The Morgan fingerprint density at radius 3 is 2.75 bits per heavy atom. The summed E-state index contributed by atoms with van der Waals surface area (Å²) in [4.78, 5) is 16.9. The molecule has 0 saturated heterocycles. The van der Waals surface area contributed by atoms with E-state index in [4.69, 9.17) is 28.2 Å². The fourth-order valence-electron chi connectivity index (χ4n) is 3.10. The Morgan fingerprint density at radius 2 is 2.00 bits per heavy atom. The normalized spacial score (nSPS) is 10.8. The summed E-state index contributed by atoms with van der Waals surface area (Å²) in [5.74, 6) is -0.175. The van der Waals surface area contributed by atoms with Crippen molar-refractivity contribution in [2.75, 3.05) is 5.32 Å². The molecule has 0 unspecified atom stereocenters. The summed E-state index contributed by atoms with van der Waals surface area (Å²) in [7, 11) is 0. The van der Waals surface area contributed by atoms with Crippen LogP contribution in [0.15, 0.2) is 63.5 Å². The molecular formula is C23H17BrClN3O3S. The largest absolute Gasteiger partial charge is 0.507 e. The summed E-state index contributed by atoms with van der Waals surface area (Å²) in [5.41, 5.74) is 3.75. The number of fused-ring (bicyclic) bond motifs is 1. The number of hydrogen-bond acceptors (Lipinski definition) is 5. The smallest absolute Gasteiger partial charge is 0.258 e. The summed E-state index contributed by atoms with van der Waals surface area (Å²) in [6.07, 6.45) is 0.897. The number of carbonyl (C=O) groups is 1. The molecule has 0 aliphatic carbocycles. The Morgan fingerprint density at radius 1 is 1.19 bits per heavy atom. The van der Waals surface area contributed by atoms with Crippen molar-refractivity contribution < 1.29 is 14.3 Å². The molecule has 6 nitrogen and oxygen atoms in total. The predicted octanol–water partition coefficient (Wildman–Crippen LogP) is 6.31. The van der Waals surface area contributed by atoms with Crippen LogP contribution < -0.4 is 10.6 Å². The van der Waals surface area contributed by atoms with Gasteiger partial charge in [-0.1, -0.05) is 40.5 Å². The number of phenolic OH excluding ortho intramolecular Hbond substituents is 1. The van der Waals surface area contributed by atoms with Crippen molar-refractivity contribution >= 4 is 67.6 Å². The van der Waals surface area contributed by atoms with Gasteiger partial charge in [-0.2, -0.15) is 0 Å². The van der Waals surface area contributed by atoms with Gasteiger partial charge in [-0.05, 0) is 66.7 Å². The highest BCUT2D eigenvalue weighted by atomic mass is 79.9. The van der Waals surface area contributed by atoms with E-state index in [0.29, 0.717) is 27.7 Å². The van der Waals surface area contributed by atoms with Gasteiger partial charge < -0.3 is 14.8 Å². The first kappa shape index (κ1) is 22.3. The second-order valence-corrected chi connectivity index (χ2v) is 8.67. The zero-order valence-corrected chi connectivity index (χ0v) is 19.9. The van der Waals surface area contributed by atoms with Crippen molar-refractivity contribution in [3.8, 4) is 17.2 Å². The number of hydrogen-bond donors (Lipinski definition) is 3. The van der Waals surface area contributed by atoms with Crippen LogP contribution in [0.25, 0.3) is 22.6 Å². The van der Waals surface area contributed by atoms with Gasteiger partial charge in [0.1, 0.15) is 11.3 Å². The van der Waals surface area contributed by atoms with Gasteiger partial charge in [0.25, 0.3) is 5.91 Å². The van der Waals surface area contributed by atoms with Crippen molar-refractivity contribution in [1.29, 1.82) is 0 Å². The molecule has 9 heteroatoms. The summed E-state index contributed by atoms with van der Waals surface area (Å²) >= 11 is 14.6. The molecule has 4 aromatic rings. The number of aromatic nitrogens is 1. The minimum Gasteiger partial charge on any atom is -0.507 e. The summed E-state index contributed by atoms with van der Waals surface area (Å²) in [5, 5.41) is 16.3. The van der Waals surface area contributed by atoms with Crippen molar-refractivity contribution in [3.63, 3.8) is 0 Å². The molecule has 162 valence electrons. The molecule has 3 aromatic carbocycles. The second kappa shape index (κ2) is 9.28. The fourth-order valence-corrected chi connectivity index (χ4v) is 3.88. The van der Waals surface area contributed by atoms with Crippen LogP contribution in [0.3, 0.4) is 0 Å². The van der Waals surface area contributed by atoms with Crippen LogP contribution in [0.4, 0.5) is 5.69 Å². The van der Waals surface area contributed by atoms with E-state index in [0.717, 1.165) is 22.0 Å². The summed E-state index contributed by atoms with van der Waals surface area (Å²) < 4.78 is 6.51. The quantitative estimate of drug-likeness (QED) is 0.268. The Labute approximate surface area is 202 Å². The lowest BCUT2D eigenvalue weighted by Gasteiger charge is -2.11. The molecule has 0 aliphatic rings. The van der Waals surface area contributed by atoms with Crippen molar-refractivity contribution in [2.24, 2.45) is 0 Å². The molecule has 32 heavy (non-hydrogen) atoms. The lowest BCUT2D eigenvalue weighted by Crippen LogP contribution is -2.34. The molecule has 0 aliphatic heterocycles. The Bertz CT molecular complexity index is 1360. The number of anilines is 1. The molecule has 4 rings (SSSR count). The first-order chi connectivity index (χ1) is 15.3. The van der Waals surface area contributed by atoms with Crippen LogP contribution in [-0.4, -0.2) is 21.1 Å². The van der Waals surface area contributed by atoms with Crippen molar-refractivity contribution in [2.45, 2.75) is 13.3 Å². The Kier molecular flexibility index (Phi) is 6.45. The van der Waals surface area contributed by atoms with E-state index < -0.39 is 5.91 Å². The van der Waals surface area contributed by atoms with E-state index in [1.807, 2.05) is 18.2 Å². The predicted molar refractivity (Wildman–Crippen MR) is 133 cm³/mol. The van der Waals surface area contributed by atoms with Crippen LogP contribution in [0, 0.1) is 0 Å². The maximum Gasteiger partial charge on any atom is 0.258 e. The van der Waals surface area contributed by atoms with E-state index in [1.54, 1.807) is 30.3 Å². The van der Waals surface area contributed by atoms with Gasteiger partial charge in [-0.3, -0.25) is 10.1 Å². The van der Waals surface area contributed by atoms with Gasteiger partial charge in [0.05, 0.1) is 16.1 Å². The first-order valence-electron chi connectivity index (χ1n) is 9.64. The molecule has 0 atom stereocenters. The number of thiocarbonyl (C=S) groups is 1. The molecule has 1 aromatic heterocycles. The third kappa shape index (κ3) is 4.77. The van der Waals surface area contributed by atoms with Gasteiger partial charge in [0.2, 0.25) is 5.89 Å². The average molecular weight is 531 g/mol. The van der Waals surface area contributed by atoms with E-state index >= 15 is 0 Å². The zero-order chi connectivity index (χ0) is 22.8. The molecule has 0 bridgehead atoms. The number of aromatic hydroxyl groups is 1. The molecule has 1 amide bonds. The molecule has 0 fully saturated rings. The highest BCUT2D eigenvalue weighted by Gasteiger charge is 2.15. The van der Waals surface area contributed by atoms with E-state index in [1.165, 1.54) is 6.07 Å². The van der Waals surface area contributed by atoms with Gasteiger partial charge in [-0.25, -0.2) is 4.98 Å². The summed E-state index contributed by atoms with van der Waals surface area (Å²) in [6, 6.07) is 15.6. The third-order valence-corrected chi connectivity index (χ3v) is 5.77. The number of rotatable bonds is 4.